The second kappa shape index (κ2) is 36.2. The molecule has 0 saturated carbocycles. The molecule has 0 aliphatic heterocycles. The Bertz CT molecular complexity index is 9440. The molecule has 144 heavy (non-hydrogen) atoms. The molecule has 0 bridgehead atoms. The summed E-state index contributed by atoms with van der Waals surface area (Å²) in [5.74, 6) is 1.88. The number of thiophene rings is 3. The number of rotatable bonds is 14. The van der Waals surface area contributed by atoms with Crippen LogP contribution in [0.1, 0.15) is 0 Å². The fraction of sp³-hybridized carbons (Fsp3) is 0. The highest BCUT2D eigenvalue weighted by Gasteiger charge is 2.27. The lowest BCUT2D eigenvalue weighted by Crippen LogP contribution is -2.06. The maximum Gasteiger partial charge on any atom is 0.238 e. The van der Waals surface area contributed by atoms with Gasteiger partial charge in [-0.2, -0.15) is 9.97 Å². The van der Waals surface area contributed by atoms with E-state index in [1.807, 2.05) is 119 Å². The van der Waals surface area contributed by atoms with Crippen molar-refractivity contribution in [2.75, 3.05) is 0 Å². The van der Waals surface area contributed by atoms with Gasteiger partial charge in [0.05, 0.1) is 61.6 Å². The summed E-state index contributed by atoms with van der Waals surface area (Å²) < 4.78 is 14.8. The van der Waals surface area contributed by atoms with E-state index in [0.29, 0.717) is 17.6 Å². The molecular weight excluding hydrogens is 1810 g/mol. The van der Waals surface area contributed by atoms with Crippen molar-refractivity contribution in [2.24, 2.45) is 0 Å². The fourth-order valence-electron chi connectivity index (χ4n) is 20.9. The molecule has 0 radical (unpaired) electrons. The standard InChI is InChI=1S/2C45H28N4S.C42H27NS/c1-5-13-29(14-6-1)33-21-24-38-37(28-33)41-39(25-23-35-36-27-34(30-15-7-2-8-16-30)22-26-40(36)50-42(35)41)49(38)45-47-43(31-17-9-3-10-18-31)46-44(48-45)32-19-11-4-12-20-32;1-3-11-29(12-4-1)31-17-20-41-36(26-31)44-42(21-19-34-35-25-32(30-13-5-2-6-14-30)18-22-43(35)50-45(34)44)49(41)33-27-39(37-15-7-9-23-46-37)48-40(28-33)38-16-8-10-24-47-38;1-4-10-28(11-5-1)31-16-20-34(21-17-31)43-38-23-18-32(29-12-6-2-7-13-29)27-37(38)41-39(43)24-22-35-36-26-33(30-14-8-3-9-15-30)19-25-40(36)44-42(35)41/h2*1-28H;1-27H. The maximum atomic E-state index is 5.16. The van der Waals surface area contributed by atoms with Crippen LogP contribution in [0.2, 0.25) is 0 Å². The zero-order valence-electron chi connectivity index (χ0n) is 77.7. The number of benzene rings is 19. The minimum absolute atomic E-state index is 0.594. The van der Waals surface area contributed by atoms with Gasteiger partial charge in [-0.25, -0.2) is 9.97 Å². The Balaban J connectivity index is 0.000000108. The van der Waals surface area contributed by atoms with Gasteiger partial charge in [0, 0.05) is 122 Å². The number of nitrogens with zero attached hydrogens (tertiary/aromatic N) is 9. The van der Waals surface area contributed by atoms with Crippen LogP contribution in [0, 0.1) is 0 Å². The Morgan fingerprint density at radius 1 is 0.160 bits per heavy atom. The van der Waals surface area contributed by atoms with Crippen molar-refractivity contribution >= 4 is 160 Å². The number of hydrogen-bond donors (Lipinski definition) is 0. The van der Waals surface area contributed by atoms with E-state index >= 15 is 0 Å². The van der Waals surface area contributed by atoms with Crippen LogP contribution in [0.3, 0.4) is 0 Å². The van der Waals surface area contributed by atoms with E-state index in [1.54, 1.807) is 0 Å². The van der Waals surface area contributed by atoms with Gasteiger partial charge in [-0.15, -0.1) is 34.0 Å². The van der Waals surface area contributed by atoms with Crippen molar-refractivity contribution in [3.8, 4) is 141 Å². The van der Waals surface area contributed by atoms with Crippen LogP contribution < -0.4 is 0 Å². The first-order valence-electron chi connectivity index (χ1n) is 48.4. The monoisotopic (exact) mass is 1890 g/mol. The van der Waals surface area contributed by atoms with E-state index in [1.165, 1.54) is 187 Å². The number of hydrogen-bond acceptors (Lipinski definition) is 9. The lowest BCUT2D eigenvalue weighted by atomic mass is 10.0. The lowest BCUT2D eigenvalue weighted by molar-refractivity contribution is 0.953. The van der Waals surface area contributed by atoms with Gasteiger partial charge >= 0.3 is 0 Å². The number of pyridine rings is 3. The Labute approximate surface area is 841 Å². The van der Waals surface area contributed by atoms with Gasteiger partial charge in [-0.05, 0) is 217 Å². The van der Waals surface area contributed by atoms with Gasteiger partial charge in [0.1, 0.15) is 0 Å². The first-order valence-corrected chi connectivity index (χ1v) is 50.8. The van der Waals surface area contributed by atoms with Gasteiger partial charge in [0.2, 0.25) is 5.95 Å². The van der Waals surface area contributed by atoms with Gasteiger partial charge in [-0.1, -0.05) is 352 Å². The van der Waals surface area contributed by atoms with E-state index < -0.39 is 0 Å². The predicted molar refractivity (Wildman–Crippen MR) is 608 cm³/mol. The summed E-state index contributed by atoms with van der Waals surface area (Å²) in [5, 5.41) is 15.2. The molecule has 0 amide bonds. The molecule has 0 fully saturated rings. The van der Waals surface area contributed by atoms with Crippen molar-refractivity contribution in [3.63, 3.8) is 0 Å². The van der Waals surface area contributed by atoms with E-state index in [2.05, 4.69) is 442 Å². The molecule has 674 valence electrons. The summed E-state index contributed by atoms with van der Waals surface area (Å²) in [4.78, 5) is 29.7. The van der Waals surface area contributed by atoms with Crippen LogP contribution in [-0.2, 0) is 0 Å². The van der Waals surface area contributed by atoms with Crippen LogP contribution in [0.5, 0.6) is 0 Å². The van der Waals surface area contributed by atoms with Crippen LogP contribution in [0.4, 0.5) is 0 Å². The van der Waals surface area contributed by atoms with Gasteiger partial charge in [-0.3, -0.25) is 14.5 Å². The third-order valence-corrected chi connectivity index (χ3v) is 31.4. The predicted octanol–water partition coefficient (Wildman–Crippen LogP) is 36.2. The van der Waals surface area contributed by atoms with Gasteiger partial charge in [0.15, 0.2) is 11.6 Å². The molecule has 19 aromatic carbocycles. The van der Waals surface area contributed by atoms with Crippen molar-refractivity contribution in [2.45, 2.75) is 0 Å². The number of fused-ring (bicyclic) bond motifs is 21. The molecule has 29 rings (SSSR count). The van der Waals surface area contributed by atoms with E-state index in [4.69, 9.17) is 19.9 Å². The topological polar surface area (TPSA) is 92.1 Å². The molecule has 0 atom stereocenters. The molecule has 10 heterocycles. The summed E-state index contributed by atoms with van der Waals surface area (Å²) in [6.07, 6.45) is 3.63. The second-order valence-electron chi connectivity index (χ2n) is 36.3. The number of aromatic nitrogens is 9. The maximum absolute atomic E-state index is 5.16. The second-order valence-corrected chi connectivity index (χ2v) is 39.5. The quantitative estimate of drug-likeness (QED) is 0.108. The highest BCUT2D eigenvalue weighted by molar-refractivity contribution is 7.27. The Morgan fingerprint density at radius 2 is 0.417 bits per heavy atom. The van der Waals surface area contributed by atoms with Gasteiger partial charge < -0.3 is 9.13 Å². The SMILES string of the molecule is c1ccc(-c2ccc(-n3c4ccc(-c5ccccc5)cc4c4c5sc6ccc(-c7ccccc7)cc6c5ccc43)cc2)cc1.c1ccc(-c2ccc3sc4c(ccc5c4c4cc(-c6ccccc6)ccc4n5-c4cc(-c5ccccn5)nc(-c5ccccn5)c4)c3c2)cc1.c1ccc(-c2ccc3sc4c(ccc5c4c4cc(-c6ccccc6)ccc4n5-c4nc(-c5ccccc5)nc(-c5ccccc5)n4)c3c2)cc1. The van der Waals surface area contributed by atoms with Crippen molar-refractivity contribution in [3.05, 3.63) is 504 Å². The zero-order valence-corrected chi connectivity index (χ0v) is 80.1. The van der Waals surface area contributed by atoms with Crippen molar-refractivity contribution < 1.29 is 0 Å². The van der Waals surface area contributed by atoms with E-state index in [0.717, 1.165) is 61.7 Å². The smallest absolute Gasteiger partial charge is 0.238 e. The Hall–Kier alpha value is -18.3. The van der Waals surface area contributed by atoms with Gasteiger partial charge in [0.25, 0.3) is 0 Å². The Morgan fingerprint density at radius 3 is 0.736 bits per heavy atom. The minimum Gasteiger partial charge on any atom is -0.309 e. The first kappa shape index (κ1) is 84.9. The van der Waals surface area contributed by atoms with Crippen LogP contribution in [0.25, 0.3) is 267 Å². The molecule has 0 aliphatic rings. The molecular formula is C132H83N9S3. The average Bonchev–Trinajstić information content (AvgIpc) is 1.56. The highest BCUT2D eigenvalue weighted by Crippen LogP contribution is 2.51. The van der Waals surface area contributed by atoms with Crippen LogP contribution in [0.15, 0.2) is 504 Å². The average molecular weight is 1890 g/mol. The largest absolute Gasteiger partial charge is 0.309 e. The Kier molecular flexibility index (Phi) is 21.3. The molecule has 0 aliphatic carbocycles. The third-order valence-electron chi connectivity index (χ3n) is 27.8. The van der Waals surface area contributed by atoms with E-state index in [-0.39, 0.29) is 0 Å². The molecule has 0 N–H and O–H groups in total. The zero-order chi connectivity index (χ0) is 95.1. The summed E-state index contributed by atoms with van der Waals surface area (Å²) in [6, 6.07) is 175. The third kappa shape index (κ3) is 15.3. The van der Waals surface area contributed by atoms with Crippen molar-refractivity contribution in [1.29, 1.82) is 0 Å². The van der Waals surface area contributed by atoms with Crippen LogP contribution in [-0.4, -0.2) is 43.6 Å². The molecule has 0 saturated heterocycles. The normalized spacial score (nSPS) is 11.6. The summed E-state index contributed by atoms with van der Waals surface area (Å²) in [6.45, 7) is 0. The minimum atomic E-state index is 0.594. The highest BCUT2D eigenvalue weighted by atomic mass is 32.1. The lowest BCUT2D eigenvalue weighted by Gasteiger charge is -2.13. The molecule has 0 spiro atoms. The first-order chi connectivity index (χ1) is 71.4. The fourth-order valence-corrected chi connectivity index (χ4v) is 24.6. The summed E-state index contributed by atoms with van der Waals surface area (Å²) >= 11 is 5.63. The molecule has 0 unspecified atom stereocenters. The summed E-state index contributed by atoms with van der Waals surface area (Å²) in [7, 11) is 0. The molecule has 29 aromatic rings. The summed E-state index contributed by atoms with van der Waals surface area (Å²) in [5.41, 5.74) is 31.3. The molecule has 10 aromatic heterocycles. The van der Waals surface area contributed by atoms with Crippen molar-refractivity contribution in [1.82, 2.24) is 43.6 Å². The van der Waals surface area contributed by atoms with E-state index in [9.17, 15) is 0 Å². The molecule has 12 heteroatoms. The van der Waals surface area contributed by atoms with Crippen LogP contribution >= 0.6 is 34.0 Å². The molecule has 9 nitrogen and oxygen atoms in total.